The van der Waals surface area contributed by atoms with Gasteiger partial charge in [-0.05, 0) is 35.4 Å². The highest BCUT2D eigenvalue weighted by molar-refractivity contribution is 6.25. The van der Waals surface area contributed by atoms with Crippen LogP contribution in [0.5, 0.6) is 5.75 Å². The first-order valence-corrected chi connectivity index (χ1v) is 12.6. The number of benzene rings is 2. The molecular weight excluding hydrogens is 468 g/mol. The summed E-state index contributed by atoms with van der Waals surface area (Å²) in [6.07, 6.45) is 2.11. The van der Waals surface area contributed by atoms with E-state index in [0.717, 1.165) is 5.56 Å². The van der Waals surface area contributed by atoms with Crippen LogP contribution in [0.4, 0.5) is 5.69 Å². The van der Waals surface area contributed by atoms with Crippen LogP contribution < -0.4 is 0 Å². The minimum atomic E-state index is -0.202. The second kappa shape index (κ2) is 9.81. The summed E-state index contributed by atoms with van der Waals surface area (Å²) in [7, 11) is 0. The standard InChI is InChI=1S/C30H30N2O5/c1-30(2)16-26(36)29-21(32-37-27(29)17-30)12-13-24(34)28-22(31-20-10-6-7-11-23(20)33)14-19(15-25(28)35)18-8-4-3-5-9-18/h3-11,19,33-34H,12-17H2,1-2H3/b28-24+,31-22?. The van der Waals surface area contributed by atoms with E-state index >= 15 is 0 Å². The van der Waals surface area contributed by atoms with Crippen molar-refractivity contribution in [3.05, 3.63) is 88.5 Å². The van der Waals surface area contributed by atoms with Crippen LogP contribution in [0.2, 0.25) is 0 Å². The average molecular weight is 499 g/mol. The minimum absolute atomic E-state index is 0.00113. The van der Waals surface area contributed by atoms with Crippen LogP contribution in [0, 0.1) is 5.41 Å². The van der Waals surface area contributed by atoms with Crippen molar-refractivity contribution in [2.24, 2.45) is 10.4 Å². The number of phenols is 1. The number of aryl methyl sites for hydroxylation is 1. The molecule has 2 aliphatic carbocycles. The monoisotopic (exact) mass is 498 g/mol. The highest BCUT2D eigenvalue weighted by atomic mass is 16.5. The van der Waals surface area contributed by atoms with Crippen LogP contribution in [-0.2, 0) is 17.6 Å². The number of phenolic OH excluding ortho intramolecular Hbond substituents is 1. The van der Waals surface area contributed by atoms with Crippen molar-refractivity contribution in [3.8, 4) is 5.75 Å². The van der Waals surface area contributed by atoms with Crippen molar-refractivity contribution >= 4 is 23.0 Å². The number of aliphatic hydroxyl groups excluding tert-OH is 1. The van der Waals surface area contributed by atoms with E-state index in [0.29, 0.717) is 47.7 Å². The zero-order valence-electron chi connectivity index (χ0n) is 21.0. The Hall–Kier alpha value is -4.00. The number of hydrogen-bond acceptors (Lipinski definition) is 7. The fourth-order valence-corrected chi connectivity index (χ4v) is 5.34. The summed E-state index contributed by atoms with van der Waals surface area (Å²) in [6, 6.07) is 16.4. The minimum Gasteiger partial charge on any atom is -0.511 e. The highest BCUT2D eigenvalue weighted by Crippen LogP contribution is 2.38. The molecule has 1 saturated carbocycles. The molecule has 7 nitrogen and oxygen atoms in total. The van der Waals surface area contributed by atoms with Crippen molar-refractivity contribution in [1.29, 1.82) is 0 Å². The molecule has 1 aromatic heterocycles. The molecule has 0 amide bonds. The van der Waals surface area contributed by atoms with Crippen LogP contribution in [0.3, 0.4) is 0 Å². The molecule has 0 spiro atoms. The van der Waals surface area contributed by atoms with Gasteiger partial charge in [0.15, 0.2) is 11.6 Å². The second-order valence-corrected chi connectivity index (χ2v) is 10.7. The van der Waals surface area contributed by atoms with E-state index in [2.05, 4.69) is 10.1 Å². The van der Waals surface area contributed by atoms with Gasteiger partial charge in [-0.1, -0.05) is 61.5 Å². The summed E-state index contributed by atoms with van der Waals surface area (Å²) in [5.41, 5.74) is 2.82. The van der Waals surface area contributed by atoms with Crippen molar-refractivity contribution in [1.82, 2.24) is 5.16 Å². The van der Waals surface area contributed by atoms with Crippen molar-refractivity contribution in [2.75, 3.05) is 0 Å². The lowest BCUT2D eigenvalue weighted by Gasteiger charge is -2.27. The number of aromatic hydroxyl groups is 1. The number of aromatic nitrogens is 1. The van der Waals surface area contributed by atoms with Gasteiger partial charge in [0.2, 0.25) is 0 Å². The first-order chi connectivity index (χ1) is 17.7. The maximum atomic E-state index is 13.4. The summed E-state index contributed by atoms with van der Waals surface area (Å²) in [5, 5.41) is 25.6. The SMILES string of the molecule is CC1(C)CC(=O)c2c(CC/C(O)=C3\C(=O)CC(c4ccccc4)CC3=Nc3ccccc3O)noc2C1. The summed E-state index contributed by atoms with van der Waals surface area (Å²) in [5.74, 6) is 0.204. The molecule has 37 heavy (non-hydrogen) atoms. The third-order valence-corrected chi connectivity index (χ3v) is 7.12. The van der Waals surface area contributed by atoms with Crippen molar-refractivity contribution < 1.29 is 24.3 Å². The topological polar surface area (TPSA) is 113 Å². The number of para-hydroxylation sites is 2. The van der Waals surface area contributed by atoms with E-state index < -0.39 is 0 Å². The van der Waals surface area contributed by atoms with E-state index in [-0.39, 0.29) is 59.2 Å². The Morgan fingerprint density at radius 3 is 2.51 bits per heavy atom. The number of carbonyl (C=O) groups excluding carboxylic acids is 2. The Balaban J connectivity index is 1.46. The maximum Gasteiger partial charge on any atom is 0.168 e. The number of carbonyl (C=O) groups is 2. The predicted molar refractivity (Wildman–Crippen MR) is 140 cm³/mol. The van der Waals surface area contributed by atoms with E-state index in [9.17, 15) is 19.8 Å². The lowest BCUT2D eigenvalue weighted by molar-refractivity contribution is -0.116. The normalized spacial score (nSPS) is 21.7. The largest absolute Gasteiger partial charge is 0.511 e. The van der Waals surface area contributed by atoms with Gasteiger partial charge in [-0.3, -0.25) is 9.59 Å². The number of aliphatic hydroxyl groups is 1. The zero-order valence-corrected chi connectivity index (χ0v) is 21.0. The molecular formula is C30H30N2O5. The first kappa shape index (κ1) is 24.7. The number of ketones is 2. The van der Waals surface area contributed by atoms with Crippen LogP contribution in [-0.4, -0.2) is 32.6 Å². The number of Topliss-reactive ketones (excluding diaryl/α,β-unsaturated/α-hetero) is 2. The quantitative estimate of drug-likeness (QED) is 0.320. The van der Waals surface area contributed by atoms with Crippen molar-refractivity contribution in [3.63, 3.8) is 0 Å². The van der Waals surface area contributed by atoms with E-state index in [4.69, 9.17) is 4.52 Å². The maximum absolute atomic E-state index is 13.4. The fourth-order valence-electron chi connectivity index (χ4n) is 5.34. The smallest absolute Gasteiger partial charge is 0.168 e. The summed E-state index contributed by atoms with van der Waals surface area (Å²) in [6.45, 7) is 4.05. The van der Waals surface area contributed by atoms with Crippen molar-refractivity contribution in [2.45, 2.75) is 58.3 Å². The Labute approximate surface area is 215 Å². The van der Waals surface area contributed by atoms with E-state index in [1.165, 1.54) is 6.07 Å². The summed E-state index contributed by atoms with van der Waals surface area (Å²) in [4.78, 5) is 30.8. The van der Waals surface area contributed by atoms with Gasteiger partial charge in [0.25, 0.3) is 0 Å². The van der Waals surface area contributed by atoms with Gasteiger partial charge in [-0.2, -0.15) is 0 Å². The lowest BCUT2D eigenvalue weighted by atomic mass is 9.76. The number of aliphatic imine (C=N–C) groups is 1. The Kier molecular flexibility index (Phi) is 6.54. The van der Waals surface area contributed by atoms with E-state index in [1.807, 2.05) is 44.2 Å². The molecule has 1 unspecified atom stereocenters. The Morgan fingerprint density at radius 1 is 1.03 bits per heavy atom. The van der Waals surface area contributed by atoms with Gasteiger partial charge in [-0.15, -0.1) is 0 Å². The number of rotatable bonds is 5. The Bertz CT molecular complexity index is 1410. The molecule has 3 aromatic rings. The molecule has 7 heteroatoms. The molecule has 0 bridgehead atoms. The Morgan fingerprint density at radius 2 is 1.76 bits per heavy atom. The molecule has 5 rings (SSSR count). The average Bonchev–Trinajstić information content (AvgIpc) is 3.26. The summed E-state index contributed by atoms with van der Waals surface area (Å²) < 4.78 is 5.48. The van der Waals surface area contributed by atoms with Gasteiger partial charge in [0.05, 0.1) is 22.5 Å². The van der Waals surface area contributed by atoms with Gasteiger partial charge < -0.3 is 14.7 Å². The molecule has 190 valence electrons. The summed E-state index contributed by atoms with van der Waals surface area (Å²) >= 11 is 0. The van der Waals surface area contributed by atoms with Gasteiger partial charge >= 0.3 is 0 Å². The number of fused-ring (bicyclic) bond motifs is 1. The number of allylic oxidation sites excluding steroid dienone is 2. The molecule has 0 saturated heterocycles. The molecule has 1 heterocycles. The van der Waals surface area contributed by atoms with Gasteiger partial charge in [0.1, 0.15) is 23.0 Å². The number of hydrogen-bond donors (Lipinski definition) is 2. The second-order valence-electron chi connectivity index (χ2n) is 10.7. The molecule has 2 aromatic carbocycles. The first-order valence-electron chi connectivity index (χ1n) is 12.6. The third-order valence-electron chi connectivity index (χ3n) is 7.12. The molecule has 0 radical (unpaired) electrons. The predicted octanol–water partition coefficient (Wildman–Crippen LogP) is 6.20. The van der Waals surface area contributed by atoms with Gasteiger partial charge in [-0.25, -0.2) is 4.99 Å². The van der Waals surface area contributed by atoms with Crippen LogP contribution in [0.1, 0.15) is 72.8 Å². The molecule has 2 N–H and O–H groups in total. The lowest BCUT2D eigenvalue weighted by Crippen LogP contribution is -2.27. The van der Waals surface area contributed by atoms with E-state index in [1.54, 1.807) is 18.2 Å². The molecule has 1 fully saturated rings. The molecule has 2 aliphatic rings. The van der Waals surface area contributed by atoms with Crippen LogP contribution in [0.15, 0.2) is 75.4 Å². The zero-order chi connectivity index (χ0) is 26.2. The van der Waals surface area contributed by atoms with Crippen LogP contribution >= 0.6 is 0 Å². The molecule has 1 atom stereocenters. The molecule has 0 aliphatic heterocycles. The fraction of sp³-hybridized carbons (Fsp3) is 0.333. The third kappa shape index (κ3) is 5.12. The number of nitrogens with zero attached hydrogens (tertiary/aromatic N) is 2. The van der Waals surface area contributed by atoms with Gasteiger partial charge in [0, 0.05) is 32.1 Å². The van der Waals surface area contributed by atoms with Crippen LogP contribution in [0.25, 0.3) is 0 Å². The highest BCUT2D eigenvalue weighted by Gasteiger charge is 2.37.